The van der Waals surface area contributed by atoms with Crippen molar-refractivity contribution in [1.29, 1.82) is 0 Å². The van der Waals surface area contributed by atoms with Gasteiger partial charge in [-0.25, -0.2) is 0 Å². The van der Waals surface area contributed by atoms with Crippen LogP contribution in [0.5, 0.6) is 0 Å². The molecular weight excluding hydrogens is 247 g/mol. The van der Waals surface area contributed by atoms with Crippen molar-refractivity contribution in [2.75, 3.05) is 0 Å². The first-order chi connectivity index (χ1) is 6.28. The molecule has 0 aliphatic heterocycles. The molecule has 0 saturated carbocycles. The van der Waals surface area contributed by atoms with Crippen LogP contribution in [0.1, 0.15) is 0 Å². The predicted octanol–water partition coefficient (Wildman–Crippen LogP) is 3.49. The topological polar surface area (TPSA) is 20.2 Å². The maximum absolute atomic E-state index is 11.6. The zero-order valence-corrected chi connectivity index (χ0v) is 6.35. The minimum Gasteiger partial charge on any atom is -0.504 e. The van der Waals surface area contributed by atoms with Gasteiger partial charge in [-0.05, 0) is 0 Å². The molecule has 0 aliphatic carbocycles. The normalized spacial score (nSPS) is 13.9. The van der Waals surface area contributed by atoms with Crippen molar-refractivity contribution in [3.8, 4) is 0 Å². The largest absolute Gasteiger partial charge is 0.504 e. The Kier molecular flexibility index (Phi) is 3.24. The summed E-state index contributed by atoms with van der Waals surface area (Å²) in [4.78, 5) is 0. The number of aliphatic hydroxyl groups excluding tert-OH is 1. The number of allylic oxidation sites excluding steroid dienone is 2. The maximum atomic E-state index is 11.6. The third-order valence-electron chi connectivity index (χ3n) is 1.07. The highest BCUT2D eigenvalue weighted by Crippen LogP contribution is 2.43. The Balaban J connectivity index is 5.71. The number of hydrogen-bond acceptors (Lipinski definition) is 1. The molecular formula is C5HF9O. The van der Waals surface area contributed by atoms with Crippen LogP contribution in [0.25, 0.3) is 0 Å². The minimum absolute atomic E-state index is 3.71. The van der Waals surface area contributed by atoms with E-state index in [1.807, 2.05) is 0 Å². The minimum atomic E-state index is -6.34. The summed E-state index contributed by atoms with van der Waals surface area (Å²) in [6, 6.07) is 0. The fourth-order valence-corrected chi connectivity index (χ4v) is 0.571. The van der Waals surface area contributed by atoms with E-state index >= 15 is 0 Å². The van der Waals surface area contributed by atoms with E-state index in [1.165, 1.54) is 0 Å². The monoisotopic (exact) mass is 248 g/mol. The van der Waals surface area contributed by atoms with Gasteiger partial charge in [-0.2, -0.15) is 39.5 Å². The number of alkyl halides is 9. The lowest BCUT2D eigenvalue weighted by Gasteiger charge is -2.17. The van der Waals surface area contributed by atoms with Crippen LogP contribution in [0.2, 0.25) is 0 Å². The van der Waals surface area contributed by atoms with Crippen molar-refractivity contribution in [3.63, 3.8) is 0 Å². The highest BCUT2D eigenvalue weighted by atomic mass is 19.4. The zero-order valence-electron chi connectivity index (χ0n) is 6.35. The van der Waals surface area contributed by atoms with Crippen LogP contribution >= 0.6 is 0 Å². The fourth-order valence-electron chi connectivity index (χ4n) is 0.571. The SMILES string of the molecule is OC(=C(C(F)(F)F)C(F)(F)F)C(F)(F)F. The lowest BCUT2D eigenvalue weighted by molar-refractivity contribution is -0.190. The molecule has 0 unspecified atom stereocenters. The molecule has 0 aliphatic rings. The Hall–Kier alpha value is -1.09. The van der Waals surface area contributed by atoms with Crippen molar-refractivity contribution in [1.82, 2.24) is 0 Å². The molecule has 10 heteroatoms. The van der Waals surface area contributed by atoms with Crippen LogP contribution in [0, 0.1) is 0 Å². The predicted molar refractivity (Wildman–Crippen MR) is 27.8 cm³/mol. The van der Waals surface area contributed by atoms with Gasteiger partial charge in [0.15, 0.2) is 5.57 Å². The van der Waals surface area contributed by atoms with Gasteiger partial charge in [0.25, 0.3) is 0 Å². The summed E-state index contributed by atoms with van der Waals surface area (Å²) in [5, 5.41) is 7.83. The smallest absolute Gasteiger partial charge is 0.449 e. The Morgan fingerprint density at radius 3 is 0.933 bits per heavy atom. The van der Waals surface area contributed by atoms with E-state index in [0.29, 0.717) is 0 Å². The van der Waals surface area contributed by atoms with Crippen LogP contribution in [0.15, 0.2) is 11.3 Å². The third-order valence-corrected chi connectivity index (χ3v) is 1.07. The van der Waals surface area contributed by atoms with Crippen LogP contribution in [0.4, 0.5) is 39.5 Å². The molecule has 0 atom stereocenters. The molecule has 0 saturated heterocycles. The van der Waals surface area contributed by atoms with E-state index in [2.05, 4.69) is 0 Å². The Morgan fingerprint density at radius 2 is 0.867 bits per heavy atom. The number of aliphatic hydroxyl groups is 1. The third kappa shape index (κ3) is 3.51. The number of hydrogen-bond donors (Lipinski definition) is 1. The lowest BCUT2D eigenvalue weighted by Crippen LogP contribution is -2.32. The van der Waals surface area contributed by atoms with Crippen molar-refractivity contribution >= 4 is 0 Å². The van der Waals surface area contributed by atoms with Gasteiger partial charge in [-0.15, -0.1) is 0 Å². The summed E-state index contributed by atoms with van der Waals surface area (Å²) in [5.74, 6) is -3.71. The second kappa shape index (κ2) is 3.49. The summed E-state index contributed by atoms with van der Waals surface area (Å²) in [6.07, 6.45) is -18.8. The fraction of sp³-hybridized carbons (Fsp3) is 0.600. The van der Waals surface area contributed by atoms with Gasteiger partial charge in [-0.3, -0.25) is 0 Å². The van der Waals surface area contributed by atoms with Gasteiger partial charge in [0, 0.05) is 0 Å². The Labute approximate surface area is 75.8 Å². The van der Waals surface area contributed by atoms with E-state index in [4.69, 9.17) is 5.11 Å². The van der Waals surface area contributed by atoms with Gasteiger partial charge in [0.1, 0.15) is 0 Å². The van der Waals surface area contributed by atoms with E-state index < -0.39 is 29.9 Å². The summed E-state index contributed by atoms with van der Waals surface area (Å²) in [6.45, 7) is 0. The first kappa shape index (κ1) is 13.9. The molecule has 0 fully saturated rings. The van der Waals surface area contributed by atoms with E-state index in [1.54, 1.807) is 0 Å². The lowest BCUT2D eigenvalue weighted by atomic mass is 10.2. The molecule has 0 aromatic carbocycles. The summed E-state index contributed by atoms with van der Waals surface area (Å²) >= 11 is 0. The molecule has 0 heterocycles. The number of halogens is 9. The average Bonchev–Trinajstić information content (AvgIpc) is 1.76. The van der Waals surface area contributed by atoms with E-state index in [0.717, 1.165) is 0 Å². The molecule has 0 amide bonds. The first-order valence-corrected chi connectivity index (χ1v) is 2.92. The summed E-state index contributed by atoms with van der Waals surface area (Å²) in [7, 11) is 0. The molecule has 0 aromatic heterocycles. The van der Waals surface area contributed by atoms with Crippen molar-refractivity contribution in [2.45, 2.75) is 18.5 Å². The van der Waals surface area contributed by atoms with Crippen molar-refractivity contribution < 1.29 is 44.6 Å². The van der Waals surface area contributed by atoms with Gasteiger partial charge in [0.2, 0.25) is 5.76 Å². The standard InChI is InChI=1S/C5HF9O/c6-3(7,8)1(4(9,10)11)2(15)5(12,13)14/h15H. The van der Waals surface area contributed by atoms with Gasteiger partial charge in [-0.1, -0.05) is 0 Å². The first-order valence-electron chi connectivity index (χ1n) is 2.92. The van der Waals surface area contributed by atoms with Crippen LogP contribution in [0.3, 0.4) is 0 Å². The molecule has 0 spiro atoms. The quantitative estimate of drug-likeness (QED) is 0.514. The van der Waals surface area contributed by atoms with Gasteiger partial charge < -0.3 is 5.11 Å². The second-order valence-electron chi connectivity index (χ2n) is 2.22. The molecule has 0 bridgehead atoms. The molecule has 1 nitrogen and oxygen atoms in total. The zero-order chi connectivity index (χ0) is 12.7. The Morgan fingerprint density at radius 1 is 0.600 bits per heavy atom. The highest BCUT2D eigenvalue weighted by Gasteiger charge is 2.58. The van der Waals surface area contributed by atoms with Crippen LogP contribution in [-0.4, -0.2) is 23.6 Å². The van der Waals surface area contributed by atoms with Gasteiger partial charge >= 0.3 is 18.5 Å². The number of rotatable bonds is 0. The van der Waals surface area contributed by atoms with E-state index in [-0.39, 0.29) is 0 Å². The molecule has 0 aromatic rings. The molecule has 90 valence electrons. The highest BCUT2D eigenvalue weighted by molar-refractivity contribution is 5.22. The second-order valence-corrected chi connectivity index (χ2v) is 2.22. The Bertz CT molecular complexity index is 248. The average molecular weight is 248 g/mol. The summed E-state index contributed by atoms with van der Waals surface area (Å²) in [5.41, 5.74) is -3.97. The molecule has 0 radical (unpaired) electrons. The van der Waals surface area contributed by atoms with Crippen LogP contribution < -0.4 is 0 Å². The molecule has 1 N–H and O–H groups in total. The van der Waals surface area contributed by atoms with E-state index in [9.17, 15) is 39.5 Å². The molecule has 15 heavy (non-hydrogen) atoms. The maximum Gasteiger partial charge on any atom is 0.449 e. The van der Waals surface area contributed by atoms with Crippen LogP contribution in [-0.2, 0) is 0 Å². The van der Waals surface area contributed by atoms with Gasteiger partial charge in [0.05, 0.1) is 0 Å². The van der Waals surface area contributed by atoms with Crippen molar-refractivity contribution in [2.24, 2.45) is 0 Å². The van der Waals surface area contributed by atoms with Crippen molar-refractivity contribution in [3.05, 3.63) is 11.3 Å². The summed E-state index contributed by atoms with van der Waals surface area (Å²) < 4.78 is 104. The molecule has 0 rings (SSSR count).